The molecule has 0 amide bonds. The average molecular weight is 391 g/mol. The number of esters is 1. The largest absolute Gasteiger partial charge is 0.462 e. The molecule has 0 N–H and O–H groups in total. The summed E-state index contributed by atoms with van der Waals surface area (Å²) in [6, 6.07) is 1.00. The fourth-order valence-corrected chi connectivity index (χ4v) is 7.59. The van der Waals surface area contributed by atoms with Gasteiger partial charge >= 0.3 is 14.5 Å². The van der Waals surface area contributed by atoms with Crippen molar-refractivity contribution in [3.05, 3.63) is 12.2 Å². The van der Waals surface area contributed by atoms with Crippen LogP contribution in [-0.2, 0) is 23.1 Å². The second-order valence-electron chi connectivity index (χ2n) is 6.65. The fourth-order valence-electron chi connectivity index (χ4n) is 3.68. The Kier molecular flexibility index (Phi) is 11.8. The van der Waals surface area contributed by atoms with Crippen LogP contribution in [0, 0.1) is 0 Å². The number of methoxy groups -OCH3 is 1. The highest BCUT2D eigenvalue weighted by Gasteiger charge is 2.58. The lowest BCUT2D eigenvalue weighted by atomic mass is 10.0. The van der Waals surface area contributed by atoms with Crippen LogP contribution in [0.5, 0.6) is 0 Å². The van der Waals surface area contributed by atoms with E-state index in [0.29, 0.717) is 12.2 Å². The van der Waals surface area contributed by atoms with E-state index in [0.717, 1.165) is 51.0 Å². The van der Waals surface area contributed by atoms with Crippen LogP contribution in [0.2, 0.25) is 6.04 Å². The van der Waals surface area contributed by atoms with Gasteiger partial charge in [-0.2, -0.15) is 0 Å². The predicted octanol–water partition coefficient (Wildman–Crippen LogP) is 2.45. The fraction of sp³-hybridized carbons (Fsp3) is 0.833. The van der Waals surface area contributed by atoms with Crippen LogP contribution >= 0.6 is 0 Å². The maximum atomic E-state index is 11.3. The van der Waals surface area contributed by atoms with Gasteiger partial charge in [0, 0.05) is 26.9 Å². The third-order valence-corrected chi connectivity index (χ3v) is 9.56. The molecule has 0 spiro atoms. The van der Waals surface area contributed by atoms with E-state index < -0.39 is 8.56 Å². The highest BCUT2D eigenvalue weighted by molar-refractivity contribution is 6.70. The van der Waals surface area contributed by atoms with E-state index in [1.54, 1.807) is 28.3 Å². The van der Waals surface area contributed by atoms with Gasteiger partial charge in [-0.25, -0.2) is 4.79 Å². The molecular formula is C18H38O5Si2. The molecule has 0 aliphatic carbocycles. The summed E-state index contributed by atoms with van der Waals surface area (Å²) in [5.41, 5.74) is 0.453. The molecule has 1 rings (SSSR count). The molecule has 1 atom stereocenters. The molecule has 1 fully saturated rings. The number of rotatable bonds is 11. The van der Waals surface area contributed by atoms with Gasteiger partial charge in [-0.15, -0.1) is 0 Å². The van der Waals surface area contributed by atoms with Crippen molar-refractivity contribution >= 4 is 25.5 Å². The molecule has 7 heteroatoms. The topological polar surface area (TPSA) is 54.0 Å². The van der Waals surface area contributed by atoms with Gasteiger partial charge in [0.1, 0.15) is 5.22 Å². The molecule has 1 unspecified atom stereocenters. The lowest BCUT2D eigenvalue weighted by Crippen LogP contribution is -2.64. The first-order valence-corrected chi connectivity index (χ1v) is 11.0. The van der Waals surface area contributed by atoms with Crippen LogP contribution in [0.25, 0.3) is 0 Å². The van der Waals surface area contributed by atoms with E-state index >= 15 is 0 Å². The summed E-state index contributed by atoms with van der Waals surface area (Å²) in [6.07, 6.45) is 8.42. The quantitative estimate of drug-likeness (QED) is 0.235. The van der Waals surface area contributed by atoms with Gasteiger partial charge in [0.25, 0.3) is 0 Å². The van der Waals surface area contributed by atoms with Crippen molar-refractivity contribution in [1.82, 2.24) is 0 Å². The Morgan fingerprint density at radius 2 is 1.72 bits per heavy atom. The standard InChI is InChI=1S/C18H34O5Si.H4Si/c1-16(2)17(19)23-14-10-7-6-8-12-18(20-3)13-9-11-15-24(18,21-4)22-5;/h1,6-15H2,2-5H3;1H4. The Morgan fingerprint density at radius 3 is 2.28 bits per heavy atom. The Bertz CT molecular complexity index is 412. The smallest absolute Gasteiger partial charge is 0.370 e. The van der Waals surface area contributed by atoms with Gasteiger partial charge in [0.05, 0.1) is 6.61 Å². The molecule has 0 saturated carbocycles. The molecular weight excluding hydrogens is 352 g/mol. The van der Waals surface area contributed by atoms with Crippen LogP contribution in [0.3, 0.4) is 0 Å². The van der Waals surface area contributed by atoms with E-state index in [1.807, 2.05) is 0 Å². The molecule has 0 radical (unpaired) electrons. The summed E-state index contributed by atoms with van der Waals surface area (Å²) in [6.45, 7) is 5.71. The van der Waals surface area contributed by atoms with Gasteiger partial charge < -0.3 is 18.3 Å². The van der Waals surface area contributed by atoms with Crippen molar-refractivity contribution < 1.29 is 23.1 Å². The van der Waals surface area contributed by atoms with Gasteiger partial charge in [0.15, 0.2) is 0 Å². The molecule has 1 saturated heterocycles. The summed E-state index contributed by atoms with van der Waals surface area (Å²) in [4.78, 5) is 11.3. The number of carbonyl (C=O) groups excluding carboxylic acids is 1. The van der Waals surface area contributed by atoms with Gasteiger partial charge in [-0.1, -0.05) is 38.7 Å². The molecule has 0 aromatic rings. The zero-order chi connectivity index (χ0) is 18.1. The van der Waals surface area contributed by atoms with Crippen molar-refractivity contribution in [2.75, 3.05) is 27.9 Å². The van der Waals surface area contributed by atoms with E-state index in [1.165, 1.54) is 6.42 Å². The van der Waals surface area contributed by atoms with Crippen molar-refractivity contribution in [2.45, 2.75) is 69.6 Å². The monoisotopic (exact) mass is 390 g/mol. The Balaban J connectivity index is 0.00000576. The van der Waals surface area contributed by atoms with Crippen LogP contribution in [-0.4, -0.2) is 58.7 Å². The molecule has 0 bridgehead atoms. The summed E-state index contributed by atoms with van der Waals surface area (Å²) in [5, 5.41) is -0.235. The van der Waals surface area contributed by atoms with Gasteiger partial charge in [0.2, 0.25) is 0 Å². The SMILES string of the molecule is C=C(C)C(=O)OCCCCCCC1(OC)CCCC[Si]1(OC)OC.[SiH4]. The highest BCUT2D eigenvalue weighted by Crippen LogP contribution is 2.43. The average Bonchev–Trinajstić information content (AvgIpc) is 2.60. The minimum Gasteiger partial charge on any atom is -0.462 e. The van der Waals surface area contributed by atoms with E-state index in [9.17, 15) is 4.79 Å². The first-order chi connectivity index (χ1) is 11.5. The molecule has 1 aliphatic rings. The first-order valence-electron chi connectivity index (χ1n) is 8.95. The summed E-state index contributed by atoms with van der Waals surface area (Å²) in [7, 11) is 3.02. The molecule has 1 aliphatic heterocycles. The molecule has 1 heterocycles. The molecule has 0 aromatic heterocycles. The summed E-state index contributed by atoms with van der Waals surface area (Å²) >= 11 is 0. The Hall–Kier alpha value is -0.476. The number of unbranched alkanes of at least 4 members (excludes halogenated alkanes) is 3. The lowest BCUT2D eigenvalue weighted by Gasteiger charge is -2.48. The number of carbonyl (C=O) groups is 1. The third kappa shape index (κ3) is 6.32. The van der Waals surface area contributed by atoms with Crippen molar-refractivity contribution in [3.8, 4) is 0 Å². The minimum absolute atomic E-state index is 0. The number of ether oxygens (including phenoxy) is 2. The van der Waals surface area contributed by atoms with Crippen molar-refractivity contribution in [3.63, 3.8) is 0 Å². The Labute approximate surface area is 158 Å². The van der Waals surface area contributed by atoms with Crippen molar-refractivity contribution in [2.24, 2.45) is 0 Å². The molecule has 148 valence electrons. The van der Waals surface area contributed by atoms with E-state index in [2.05, 4.69) is 6.58 Å². The van der Waals surface area contributed by atoms with E-state index in [4.69, 9.17) is 18.3 Å². The second-order valence-corrected chi connectivity index (χ2v) is 10.4. The Morgan fingerprint density at radius 1 is 1.08 bits per heavy atom. The first kappa shape index (κ1) is 24.5. The zero-order valence-electron chi connectivity index (χ0n) is 15.8. The van der Waals surface area contributed by atoms with Crippen LogP contribution < -0.4 is 0 Å². The van der Waals surface area contributed by atoms with Crippen molar-refractivity contribution in [1.29, 1.82) is 0 Å². The van der Waals surface area contributed by atoms with Crippen LogP contribution in [0.1, 0.15) is 58.3 Å². The molecule has 25 heavy (non-hydrogen) atoms. The number of hydrogen-bond acceptors (Lipinski definition) is 5. The third-order valence-electron chi connectivity index (χ3n) is 5.14. The maximum Gasteiger partial charge on any atom is 0.370 e. The highest BCUT2D eigenvalue weighted by atomic mass is 28.4. The zero-order valence-corrected chi connectivity index (χ0v) is 16.8. The molecule has 5 nitrogen and oxygen atoms in total. The summed E-state index contributed by atoms with van der Waals surface area (Å²) in [5.74, 6) is -0.300. The van der Waals surface area contributed by atoms with E-state index in [-0.39, 0.29) is 22.2 Å². The lowest BCUT2D eigenvalue weighted by molar-refractivity contribution is -0.139. The molecule has 0 aromatic carbocycles. The second kappa shape index (κ2) is 12.0. The van der Waals surface area contributed by atoms with Crippen LogP contribution in [0.15, 0.2) is 12.2 Å². The number of hydrogen-bond donors (Lipinski definition) is 0. The van der Waals surface area contributed by atoms with Crippen LogP contribution in [0.4, 0.5) is 0 Å². The predicted molar refractivity (Wildman–Crippen MR) is 108 cm³/mol. The maximum absolute atomic E-state index is 11.3. The summed E-state index contributed by atoms with van der Waals surface area (Å²) < 4.78 is 22.9. The minimum atomic E-state index is -2.31. The van der Waals surface area contributed by atoms with Gasteiger partial charge in [-0.3, -0.25) is 0 Å². The van der Waals surface area contributed by atoms with Gasteiger partial charge in [-0.05, 0) is 43.2 Å². The normalized spacial score (nSPS) is 22.1.